The van der Waals surface area contributed by atoms with E-state index in [-0.39, 0.29) is 28.4 Å². The maximum atomic E-state index is 8.22. The van der Waals surface area contributed by atoms with Gasteiger partial charge in [0, 0.05) is 10.6 Å². The topological polar surface area (TPSA) is 0 Å². The van der Waals surface area contributed by atoms with Crippen LogP contribution in [0, 0.1) is 0 Å². The second-order valence-electron chi connectivity index (χ2n) is 3.48. The molecule has 0 bridgehead atoms. The Hall–Kier alpha value is -1.79. The van der Waals surface area contributed by atoms with Gasteiger partial charge in [-0.2, -0.15) is 0 Å². The lowest BCUT2D eigenvalue weighted by molar-refractivity contribution is 1.65. The minimum atomic E-state index is -0.469. The van der Waals surface area contributed by atoms with E-state index in [1.165, 1.54) is 0 Å². The number of hydrogen-bond donors (Lipinski definition) is 0. The maximum absolute atomic E-state index is 8.22. The fraction of sp³-hybridized carbons (Fsp3) is 0. The molecule has 0 fully saturated rings. The van der Waals surface area contributed by atoms with Crippen LogP contribution in [0.2, 0.25) is 5.02 Å². The molecule has 0 spiro atoms. The zero-order valence-electron chi connectivity index (χ0n) is 15.7. The molecule has 0 radical (unpaired) electrons. The molecule has 0 aliphatic carbocycles. The Balaban J connectivity index is 2.67. The normalized spacial score (nSPS) is 16.4. The van der Waals surface area contributed by atoms with Gasteiger partial charge in [-0.25, -0.2) is 0 Å². The van der Waals surface area contributed by atoms with Gasteiger partial charge in [-0.05, 0) is 22.4 Å². The predicted molar refractivity (Wildman–Crippen MR) is 74.4 cm³/mol. The van der Waals surface area contributed by atoms with Crippen molar-refractivity contribution in [3.63, 3.8) is 0 Å². The molecule has 3 aromatic carbocycles. The molecule has 0 aliphatic rings. The molecular weight excluding hydrogens is 228 g/mol. The molecule has 0 aliphatic heterocycles. The molecule has 3 aromatic rings. The number of fused-ring (bicyclic) bond motifs is 1. The third-order valence-electron chi connectivity index (χ3n) is 2.46. The monoisotopic (exact) mass is 245 g/mol. The molecule has 0 amide bonds. The van der Waals surface area contributed by atoms with E-state index in [0.29, 0.717) is 10.6 Å². The van der Waals surface area contributed by atoms with Crippen molar-refractivity contribution in [1.29, 1.82) is 0 Å². The average Bonchev–Trinajstić information content (AvgIpc) is 2.57. The maximum Gasteiger partial charge on any atom is 0.0629 e. The zero-order chi connectivity index (χ0) is 17.8. The highest BCUT2D eigenvalue weighted by Crippen LogP contribution is 2.32. The fourth-order valence-corrected chi connectivity index (χ4v) is 1.91. The Kier molecular flexibility index (Phi) is 1.30. The Labute approximate surface area is 115 Å². The quantitative estimate of drug-likeness (QED) is 0.556. The van der Waals surface area contributed by atoms with Crippen LogP contribution in [-0.4, -0.2) is 0 Å². The van der Waals surface area contributed by atoms with Crippen molar-refractivity contribution >= 4 is 22.4 Å². The average molecular weight is 246 g/mol. The van der Waals surface area contributed by atoms with Crippen LogP contribution in [0.1, 0.15) is 9.60 Å². The van der Waals surface area contributed by atoms with E-state index >= 15 is 0 Å². The summed E-state index contributed by atoms with van der Waals surface area (Å²) < 4.78 is 56.2. The van der Waals surface area contributed by atoms with E-state index < -0.39 is 30.2 Å². The van der Waals surface area contributed by atoms with Crippen molar-refractivity contribution in [2.45, 2.75) is 0 Å². The molecule has 82 valence electrons. The molecule has 0 saturated carbocycles. The van der Waals surface area contributed by atoms with Crippen LogP contribution in [-0.2, 0) is 0 Å². The standard InChI is InChI=1S/C16H11Cl/c17-16-11-4-3-9-15(16)14-10-5-7-12-6-1-2-8-13(12)14/h1-11H/i1D,2D,5D,6D,7D,8D,10D. The molecule has 0 nitrogen and oxygen atoms in total. The van der Waals surface area contributed by atoms with Gasteiger partial charge in [-0.3, -0.25) is 0 Å². The van der Waals surface area contributed by atoms with Gasteiger partial charge in [0.15, 0.2) is 0 Å². The van der Waals surface area contributed by atoms with E-state index in [1.807, 2.05) is 0 Å². The van der Waals surface area contributed by atoms with Crippen LogP contribution in [0.15, 0.2) is 66.6 Å². The van der Waals surface area contributed by atoms with E-state index in [4.69, 9.17) is 21.2 Å². The highest BCUT2D eigenvalue weighted by atomic mass is 35.5. The third kappa shape index (κ3) is 1.81. The number of benzene rings is 3. The summed E-state index contributed by atoms with van der Waals surface area (Å²) in [5.74, 6) is 0. The smallest absolute Gasteiger partial charge is 0.0629 e. The Bertz CT molecular complexity index is 990. The second-order valence-corrected chi connectivity index (χ2v) is 3.89. The first-order valence-electron chi connectivity index (χ1n) is 8.52. The molecule has 0 aromatic heterocycles. The van der Waals surface area contributed by atoms with Crippen molar-refractivity contribution in [3.05, 3.63) is 71.6 Å². The Morgan fingerprint density at radius 1 is 0.824 bits per heavy atom. The summed E-state index contributed by atoms with van der Waals surface area (Å²) >= 11 is 6.20. The highest BCUT2D eigenvalue weighted by Gasteiger charge is 2.05. The summed E-state index contributed by atoms with van der Waals surface area (Å²) in [6, 6.07) is 3.89. The largest absolute Gasteiger partial charge is 0.0837 e. The van der Waals surface area contributed by atoms with E-state index in [1.54, 1.807) is 24.3 Å². The van der Waals surface area contributed by atoms with Crippen LogP contribution in [0.25, 0.3) is 21.9 Å². The third-order valence-corrected chi connectivity index (χ3v) is 2.79. The molecule has 0 heterocycles. The lowest BCUT2D eigenvalue weighted by Crippen LogP contribution is -1.81. The minimum absolute atomic E-state index is 0.0418. The number of hydrogen-bond acceptors (Lipinski definition) is 0. The van der Waals surface area contributed by atoms with Gasteiger partial charge in [-0.1, -0.05) is 72.1 Å². The van der Waals surface area contributed by atoms with Gasteiger partial charge in [-0.15, -0.1) is 0 Å². The first-order chi connectivity index (χ1) is 11.3. The molecule has 0 atom stereocenters. The predicted octanol–water partition coefficient (Wildman–Crippen LogP) is 5.16. The summed E-state index contributed by atoms with van der Waals surface area (Å²) in [4.78, 5) is 0. The number of halogens is 1. The molecule has 0 saturated heterocycles. The van der Waals surface area contributed by atoms with Crippen molar-refractivity contribution < 1.29 is 9.60 Å². The van der Waals surface area contributed by atoms with Gasteiger partial charge in [0.2, 0.25) is 0 Å². The van der Waals surface area contributed by atoms with Gasteiger partial charge in [0.05, 0.1) is 9.60 Å². The molecule has 1 heteroatoms. The van der Waals surface area contributed by atoms with Gasteiger partial charge in [0.1, 0.15) is 0 Å². The summed E-state index contributed by atoms with van der Waals surface area (Å²) in [6.45, 7) is 0. The van der Waals surface area contributed by atoms with Crippen molar-refractivity contribution in [2.24, 2.45) is 0 Å². The Morgan fingerprint density at radius 2 is 1.59 bits per heavy atom. The van der Waals surface area contributed by atoms with Crippen molar-refractivity contribution in [2.75, 3.05) is 0 Å². The van der Waals surface area contributed by atoms with Crippen molar-refractivity contribution in [1.82, 2.24) is 0 Å². The second kappa shape index (κ2) is 4.23. The van der Waals surface area contributed by atoms with Crippen LogP contribution in [0.3, 0.4) is 0 Å². The molecule has 0 N–H and O–H groups in total. The molecule has 3 rings (SSSR count). The lowest BCUT2D eigenvalue weighted by atomic mass is 9.98. The van der Waals surface area contributed by atoms with E-state index in [9.17, 15) is 0 Å². The van der Waals surface area contributed by atoms with Crippen molar-refractivity contribution in [3.8, 4) is 11.1 Å². The van der Waals surface area contributed by atoms with Crippen LogP contribution in [0.4, 0.5) is 0 Å². The molecule has 17 heavy (non-hydrogen) atoms. The summed E-state index contributed by atoms with van der Waals surface area (Å²) in [7, 11) is 0. The summed E-state index contributed by atoms with van der Waals surface area (Å²) in [5, 5.41) is 0.272. The minimum Gasteiger partial charge on any atom is -0.0837 e. The van der Waals surface area contributed by atoms with Gasteiger partial charge >= 0.3 is 0 Å². The zero-order valence-corrected chi connectivity index (χ0v) is 9.44. The van der Waals surface area contributed by atoms with Gasteiger partial charge < -0.3 is 0 Å². The SMILES string of the molecule is [2H]c1c([2H])c([2H])c2c(-c3ccccc3Cl)c([2H])c([2H])c([2H])c2c1[2H]. The van der Waals surface area contributed by atoms with E-state index in [0.717, 1.165) is 0 Å². The fourth-order valence-electron chi connectivity index (χ4n) is 1.68. The molecular formula is C16H11Cl. The van der Waals surface area contributed by atoms with Crippen LogP contribution < -0.4 is 0 Å². The van der Waals surface area contributed by atoms with Crippen LogP contribution >= 0.6 is 11.6 Å². The first-order valence-corrected chi connectivity index (χ1v) is 5.39. The van der Waals surface area contributed by atoms with Gasteiger partial charge in [0.25, 0.3) is 0 Å². The first kappa shape index (κ1) is 5.24. The number of rotatable bonds is 1. The molecule has 0 unspecified atom stereocenters. The van der Waals surface area contributed by atoms with Crippen LogP contribution in [0.5, 0.6) is 0 Å². The lowest BCUT2D eigenvalue weighted by Gasteiger charge is -2.08. The summed E-state index contributed by atoms with van der Waals surface area (Å²) in [6.07, 6.45) is 0. The highest BCUT2D eigenvalue weighted by molar-refractivity contribution is 6.33. The van der Waals surface area contributed by atoms with E-state index in [2.05, 4.69) is 0 Å². The Morgan fingerprint density at radius 3 is 2.47 bits per heavy atom. The summed E-state index contributed by atoms with van der Waals surface area (Å²) in [5.41, 5.74) is 0.538.